The summed E-state index contributed by atoms with van der Waals surface area (Å²) in [5.74, 6) is -1.66. The number of phenolic OH excluding ortho intramolecular Hbond substituents is 1. The van der Waals surface area contributed by atoms with Gasteiger partial charge in [-0.05, 0) is 36.9 Å². The first kappa shape index (κ1) is 18.4. The van der Waals surface area contributed by atoms with Crippen LogP contribution in [0.4, 0.5) is 0 Å². The number of carbonyl (C=O) groups excluding carboxylic acids is 2. The highest BCUT2D eigenvalue weighted by atomic mass is 16.6. The maximum atomic E-state index is 12.4. The summed E-state index contributed by atoms with van der Waals surface area (Å²) in [5, 5.41) is 22.7. The zero-order valence-corrected chi connectivity index (χ0v) is 13.9. The van der Waals surface area contributed by atoms with Gasteiger partial charge in [0.15, 0.2) is 11.5 Å². The second-order valence-corrected chi connectivity index (χ2v) is 5.28. The molecular formula is C18H19NO6. The molecular weight excluding hydrogens is 326 g/mol. The van der Waals surface area contributed by atoms with Crippen molar-refractivity contribution in [3.05, 3.63) is 53.6 Å². The lowest BCUT2D eigenvalue weighted by Gasteiger charge is -2.13. The fraction of sp³-hybridized carbons (Fsp3) is 0.222. The van der Waals surface area contributed by atoms with Crippen molar-refractivity contribution >= 4 is 11.9 Å². The van der Waals surface area contributed by atoms with Crippen LogP contribution in [0.1, 0.15) is 28.9 Å². The molecule has 0 aliphatic heterocycles. The quantitative estimate of drug-likeness (QED) is 0.541. The Morgan fingerprint density at radius 1 is 1.12 bits per heavy atom. The summed E-state index contributed by atoms with van der Waals surface area (Å²) in [5.41, 5.74) is 0.515. The third kappa shape index (κ3) is 4.79. The number of likely N-dealkylation sites (N-methyl/N-ethyl adjacent to an activating group) is 1. The van der Waals surface area contributed by atoms with E-state index in [0.29, 0.717) is 12.1 Å². The number of carbonyl (C=O) groups is 2. The van der Waals surface area contributed by atoms with Gasteiger partial charge in [-0.3, -0.25) is 4.79 Å². The molecule has 2 aromatic rings. The van der Waals surface area contributed by atoms with E-state index < -0.39 is 18.0 Å². The molecule has 0 radical (unpaired) electrons. The smallest absolute Gasteiger partial charge is 0.347 e. The molecule has 7 heteroatoms. The Hall–Kier alpha value is -2.90. The standard InChI is InChI=1S/C18H19NO6/c1-11(20)24-16-6-4-3-5-13(16)18(23)25-17-9-12(7-8-14(17)21)15(22)10-19-2/h3-9,15,19,21-22H,10H2,1-2H3. The Morgan fingerprint density at radius 2 is 1.84 bits per heavy atom. The largest absolute Gasteiger partial charge is 0.504 e. The van der Waals surface area contributed by atoms with Crippen LogP contribution in [0.25, 0.3) is 0 Å². The Morgan fingerprint density at radius 3 is 2.52 bits per heavy atom. The molecule has 0 spiro atoms. The number of aliphatic hydroxyl groups excluding tert-OH is 1. The maximum Gasteiger partial charge on any atom is 0.347 e. The van der Waals surface area contributed by atoms with E-state index in [4.69, 9.17) is 9.47 Å². The minimum atomic E-state index is -0.823. The summed E-state index contributed by atoms with van der Waals surface area (Å²) in [6, 6.07) is 10.3. The molecule has 2 rings (SSSR count). The molecule has 25 heavy (non-hydrogen) atoms. The number of hydrogen-bond donors (Lipinski definition) is 3. The molecule has 1 unspecified atom stereocenters. The van der Waals surface area contributed by atoms with Crippen LogP contribution < -0.4 is 14.8 Å². The van der Waals surface area contributed by atoms with Gasteiger partial charge < -0.3 is 25.0 Å². The number of nitrogens with one attached hydrogen (secondary N) is 1. The van der Waals surface area contributed by atoms with Crippen molar-refractivity contribution in [2.75, 3.05) is 13.6 Å². The van der Waals surface area contributed by atoms with Crippen LogP contribution in [-0.2, 0) is 4.79 Å². The lowest BCUT2D eigenvalue weighted by molar-refractivity contribution is -0.131. The van der Waals surface area contributed by atoms with Crippen molar-refractivity contribution in [3.8, 4) is 17.2 Å². The average molecular weight is 345 g/mol. The van der Waals surface area contributed by atoms with Gasteiger partial charge in [0.1, 0.15) is 11.3 Å². The van der Waals surface area contributed by atoms with Gasteiger partial charge in [-0.1, -0.05) is 18.2 Å². The molecule has 0 saturated carbocycles. The zero-order valence-electron chi connectivity index (χ0n) is 13.9. The van der Waals surface area contributed by atoms with Gasteiger partial charge in [-0.2, -0.15) is 0 Å². The molecule has 0 aromatic heterocycles. The zero-order chi connectivity index (χ0) is 18.4. The van der Waals surface area contributed by atoms with Gasteiger partial charge in [-0.25, -0.2) is 4.79 Å². The van der Waals surface area contributed by atoms with Crippen LogP contribution in [0.15, 0.2) is 42.5 Å². The van der Waals surface area contributed by atoms with Crippen LogP contribution in [0.2, 0.25) is 0 Å². The summed E-state index contributed by atoms with van der Waals surface area (Å²) >= 11 is 0. The summed E-state index contributed by atoms with van der Waals surface area (Å²) in [6.45, 7) is 1.52. The second-order valence-electron chi connectivity index (χ2n) is 5.28. The molecule has 0 fully saturated rings. The molecule has 2 aromatic carbocycles. The van der Waals surface area contributed by atoms with Gasteiger partial charge in [-0.15, -0.1) is 0 Å². The molecule has 0 aliphatic carbocycles. The average Bonchev–Trinajstić information content (AvgIpc) is 2.57. The van der Waals surface area contributed by atoms with Gasteiger partial charge in [0.25, 0.3) is 0 Å². The SMILES string of the molecule is CNCC(O)c1ccc(O)c(OC(=O)c2ccccc2OC(C)=O)c1. The van der Waals surface area contributed by atoms with Gasteiger partial charge >= 0.3 is 11.9 Å². The number of aromatic hydroxyl groups is 1. The van der Waals surface area contributed by atoms with Gasteiger partial charge in [0.05, 0.1) is 6.10 Å². The third-order valence-corrected chi connectivity index (χ3v) is 3.33. The van der Waals surface area contributed by atoms with Crippen molar-refractivity contribution in [3.63, 3.8) is 0 Å². The molecule has 0 heterocycles. The van der Waals surface area contributed by atoms with Crippen molar-refractivity contribution < 1.29 is 29.3 Å². The topological polar surface area (TPSA) is 105 Å². The van der Waals surface area contributed by atoms with Crippen molar-refractivity contribution in [2.45, 2.75) is 13.0 Å². The minimum absolute atomic E-state index is 0.0401. The number of para-hydroxylation sites is 1. The molecule has 7 nitrogen and oxygen atoms in total. The normalized spacial score (nSPS) is 11.6. The molecule has 0 aliphatic rings. The molecule has 0 saturated heterocycles. The highest BCUT2D eigenvalue weighted by Crippen LogP contribution is 2.31. The van der Waals surface area contributed by atoms with E-state index in [2.05, 4.69) is 5.32 Å². The number of aliphatic hydroxyl groups is 1. The van der Waals surface area contributed by atoms with E-state index in [9.17, 15) is 19.8 Å². The minimum Gasteiger partial charge on any atom is -0.504 e. The van der Waals surface area contributed by atoms with E-state index in [1.54, 1.807) is 19.2 Å². The molecule has 3 N–H and O–H groups in total. The fourth-order valence-corrected chi connectivity index (χ4v) is 2.16. The Bertz CT molecular complexity index is 774. The van der Waals surface area contributed by atoms with Crippen LogP contribution in [-0.4, -0.2) is 35.7 Å². The monoisotopic (exact) mass is 345 g/mol. The van der Waals surface area contributed by atoms with Gasteiger partial charge in [0, 0.05) is 13.5 Å². The molecule has 1 atom stereocenters. The predicted octanol–water partition coefficient (Wildman–Crippen LogP) is 1.79. The maximum absolute atomic E-state index is 12.4. The Labute approximate surface area is 144 Å². The molecule has 132 valence electrons. The molecule has 0 amide bonds. The lowest BCUT2D eigenvalue weighted by Crippen LogP contribution is -2.17. The van der Waals surface area contributed by atoms with Crippen LogP contribution in [0.5, 0.6) is 17.2 Å². The van der Waals surface area contributed by atoms with Crippen LogP contribution in [0, 0.1) is 0 Å². The third-order valence-electron chi connectivity index (χ3n) is 3.33. The first-order valence-electron chi connectivity index (χ1n) is 7.57. The van der Waals surface area contributed by atoms with Gasteiger partial charge in [0.2, 0.25) is 0 Å². The van der Waals surface area contributed by atoms with Crippen LogP contribution >= 0.6 is 0 Å². The number of esters is 2. The summed E-state index contributed by atoms with van der Waals surface area (Å²) in [7, 11) is 1.69. The Kier molecular flexibility index (Phi) is 6.10. The highest BCUT2D eigenvalue weighted by Gasteiger charge is 2.18. The first-order valence-corrected chi connectivity index (χ1v) is 7.57. The lowest BCUT2D eigenvalue weighted by atomic mass is 10.1. The Balaban J connectivity index is 2.26. The number of hydrogen-bond acceptors (Lipinski definition) is 7. The fourth-order valence-electron chi connectivity index (χ4n) is 2.16. The number of ether oxygens (including phenoxy) is 2. The van der Waals surface area contributed by atoms with Crippen LogP contribution in [0.3, 0.4) is 0 Å². The van der Waals surface area contributed by atoms with E-state index in [1.165, 1.54) is 37.3 Å². The summed E-state index contributed by atoms with van der Waals surface area (Å²) in [4.78, 5) is 23.5. The summed E-state index contributed by atoms with van der Waals surface area (Å²) in [6.07, 6.45) is -0.823. The van der Waals surface area contributed by atoms with E-state index >= 15 is 0 Å². The second kappa shape index (κ2) is 8.27. The van der Waals surface area contributed by atoms with Crippen molar-refractivity contribution in [1.29, 1.82) is 0 Å². The van der Waals surface area contributed by atoms with E-state index in [0.717, 1.165) is 0 Å². The predicted molar refractivity (Wildman–Crippen MR) is 89.7 cm³/mol. The molecule has 0 bridgehead atoms. The number of rotatable bonds is 6. The van der Waals surface area contributed by atoms with Crippen molar-refractivity contribution in [2.24, 2.45) is 0 Å². The highest BCUT2D eigenvalue weighted by molar-refractivity contribution is 5.95. The summed E-state index contributed by atoms with van der Waals surface area (Å²) < 4.78 is 10.2. The first-order chi connectivity index (χ1) is 11.9. The number of benzene rings is 2. The van der Waals surface area contributed by atoms with E-state index in [-0.39, 0.29) is 22.8 Å². The van der Waals surface area contributed by atoms with Crippen molar-refractivity contribution in [1.82, 2.24) is 5.32 Å². The van der Waals surface area contributed by atoms with E-state index in [1.807, 2.05) is 0 Å². The number of phenols is 1.